The maximum atomic E-state index is 13.7. The Hall–Kier alpha value is -1.96. The van der Waals surface area contributed by atoms with Crippen LogP contribution in [0.4, 0.5) is 4.39 Å². The van der Waals surface area contributed by atoms with Crippen LogP contribution in [0, 0.1) is 5.82 Å². The van der Waals surface area contributed by atoms with Gasteiger partial charge >= 0.3 is 5.97 Å². The molecule has 0 amide bonds. The third-order valence-corrected chi connectivity index (χ3v) is 4.02. The molecule has 0 spiro atoms. The molecule has 3 rings (SSSR count). The molecule has 2 aromatic rings. The molecule has 104 valence electrons. The topological polar surface area (TPSA) is 80.9 Å². The molecule has 6 nitrogen and oxygen atoms in total. The molecule has 1 aliphatic rings. The van der Waals surface area contributed by atoms with E-state index in [9.17, 15) is 9.18 Å². The van der Waals surface area contributed by atoms with Gasteiger partial charge in [-0.1, -0.05) is 0 Å². The Labute approximate surface area is 118 Å². The summed E-state index contributed by atoms with van der Waals surface area (Å²) in [5.74, 6) is -0.429. The highest BCUT2D eigenvalue weighted by Gasteiger charge is 2.27. The van der Waals surface area contributed by atoms with Crippen molar-refractivity contribution in [2.45, 2.75) is 29.5 Å². The molecule has 0 bridgehead atoms. The van der Waals surface area contributed by atoms with E-state index in [1.54, 1.807) is 4.68 Å². The van der Waals surface area contributed by atoms with Crippen molar-refractivity contribution in [3.63, 3.8) is 0 Å². The van der Waals surface area contributed by atoms with Gasteiger partial charge < -0.3 is 5.11 Å². The zero-order valence-electron chi connectivity index (χ0n) is 10.4. The van der Waals surface area contributed by atoms with Crippen molar-refractivity contribution in [2.24, 2.45) is 0 Å². The average Bonchev–Trinajstić information content (AvgIpc) is 3.17. The van der Waals surface area contributed by atoms with Crippen molar-refractivity contribution >= 4 is 17.7 Å². The minimum absolute atomic E-state index is 0.0654. The maximum Gasteiger partial charge on any atom is 0.335 e. The van der Waals surface area contributed by atoms with Gasteiger partial charge in [-0.25, -0.2) is 13.9 Å². The van der Waals surface area contributed by atoms with Crippen LogP contribution < -0.4 is 0 Å². The van der Waals surface area contributed by atoms with Crippen LogP contribution in [-0.4, -0.2) is 31.3 Å². The molecule has 1 aliphatic carbocycles. The Bertz CT molecular complexity index is 657. The Balaban J connectivity index is 1.75. The molecule has 1 aromatic carbocycles. The van der Waals surface area contributed by atoms with E-state index >= 15 is 0 Å². The molecular weight excluding hydrogens is 283 g/mol. The number of carboxylic acids is 1. The van der Waals surface area contributed by atoms with Crippen molar-refractivity contribution in [3.8, 4) is 0 Å². The molecular formula is C12H11FN4O2S. The van der Waals surface area contributed by atoms with E-state index in [0.29, 0.717) is 17.6 Å². The summed E-state index contributed by atoms with van der Waals surface area (Å²) in [6.07, 6.45) is 2.12. The number of nitrogens with zero attached hydrogens (tertiary/aromatic N) is 4. The Kier molecular flexibility index (Phi) is 3.39. The van der Waals surface area contributed by atoms with E-state index in [-0.39, 0.29) is 10.5 Å². The molecule has 0 radical (unpaired) electrons. The number of halogens is 1. The highest BCUT2D eigenvalue weighted by molar-refractivity contribution is 7.98. The predicted octanol–water partition coefficient (Wildman–Crippen LogP) is 2.14. The minimum atomic E-state index is -1.07. The van der Waals surface area contributed by atoms with E-state index in [2.05, 4.69) is 15.5 Å². The highest BCUT2D eigenvalue weighted by atomic mass is 32.2. The van der Waals surface area contributed by atoms with Crippen molar-refractivity contribution in [1.29, 1.82) is 0 Å². The number of hydrogen-bond donors (Lipinski definition) is 1. The monoisotopic (exact) mass is 294 g/mol. The summed E-state index contributed by atoms with van der Waals surface area (Å²) in [7, 11) is 0. The van der Waals surface area contributed by atoms with Crippen LogP contribution >= 0.6 is 11.8 Å². The summed E-state index contributed by atoms with van der Waals surface area (Å²) in [6, 6.07) is 4.09. The smallest absolute Gasteiger partial charge is 0.335 e. The zero-order valence-corrected chi connectivity index (χ0v) is 11.2. The number of aromatic nitrogens is 4. The lowest BCUT2D eigenvalue weighted by molar-refractivity contribution is 0.0696. The van der Waals surface area contributed by atoms with E-state index in [0.717, 1.165) is 18.9 Å². The number of benzene rings is 1. The standard InChI is InChI=1S/C12H11FN4O2S/c13-9-4-1-7(12(18)19)5-10(9)20-6-11-14-15-16-17(11)8-2-3-8/h1,4-5,8H,2-3,6H2,(H,18,19). The molecule has 20 heavy (non-hydrogen) atoms. The van der Waals surface area contributed by atoms with Gasteiger partial charge in [-0.15, -0.1) is 16.9 Å². The second kappa shape index (κ2) is 5.20. The fourth-order valence-corrected chi connectivity index (χ4v) is 2.69. The van der Waals surface area contributed by atoms with Crippen LogP contribution in [-0.2, 0) is 5.75 Å². The van der Waals surface area contributed by atoms with Gasteiger partial charge in [0.05, 0.1) is 17.4 Å². The average molecular weight is 294 g/mol. The van der Waals surface area contributed by atoms with Crippen molar-refractivity contribution < 1.29 is 14.3 Å². The first kappa shape index (κ1) is 13.0. The quantitative estimate of drug-likeness (QED) is 0.851. The summed E-state index contributed by atoms with van der Waals surface area (Å²) in [5.41, 5.74) is 0.0654. The minimum Gasteiger partial charge on any atom is -0.478 e. The second-order valence-electron chi connectivity index (χ2n) is 4.51. The summed E-state index contributed by atoms with van der Waals surface area (Å²) in [4.78, 5) is 11.2. The molecule has 1 saturated carbocycles. The van der Waals surface area contributed by atoms with Crippen molar-refractivity contribution in [2.75, 3.05) is 0 Å². The number of thioether (sulfide) groups is 1. The number of carboxylic acid groups (broad SMARTS) is 1. The van der Waals surface area contributed by atoms with Gasteiger partial charge in [0.2, 0.25) is 0 Å². The van der Waals surface area contributed by atoms with Gasteiger partial charge in [0.15, 0.2) is 5.82 Å². The molecule has 0 atom stereocenters. The maximum absolute atomic E-state index is 13.7. The predicted molar refractivity (Wildman–Crippen MR) is 69.0 cm³/mol. The van der Waals surface area contributed by atoms with Crippen molar-refractivity contribution in [1.82, 2.24) is 20.2 Å². The molecule has 1 N–H and O–H groups in total. The first-order valence-electron chi connectivity index (χ1n) is 6.07. The highest BCUT2D eigenvalue weighted by Crippen LogP contribution is 2.35. The summed E-state index contributed by atoms with van der Waals surface area (Å²) in [6.45, 7) is 0. The van der Waals surface area contributed by atoms with Gasteiger partial charge in [0.1, 0.15) is 5.82 Å². The van der Waals surface area contributed by atoms with Crippen LogP contribution in [0.1, 0.15) is 35.1 Å². The fourth-order valence-electron chi connectivity index (χ4n) is 1.80. The number of hydrogen-bond acceptors (Lipinski definition) is 5. The number of rotatable bonds is 5. The van der Waals surface area contributed by atoms with Gasteiger partial charge in [-0.3, -0.25) is 0 Å². The Morgan fingerprint density at radius 1 is 1.50 bits per heavy atom. The largest absolute Gasteiger partial charge is 0.478 e. The summed E-state index contributed by atoms with van der Waals surface area (Å²) in [5, 5.41) is 20.4. The summed E-state index contributed by atoms with van der Waals surface area (Å²) >= 11 is 1.19. The molecule has 1 heterocycles. The Morgan fingerprint density at radius 3 is 3.00 bits per heavy atom. The fraction of sp³-hybridized carbons (Fsp3) is 0.333. The zero-order chi connectivity index (χ0) is 14.1. The third-order valence-electron chi connectivity index (χ3n) is 2.99. The lowest BCUT2D eigenvalue weighted by Crippen LogP contribution is -2.02. The van der Waals surface area contributed by atoms with E-state index in [1.165, 1.54) is 23.9 Å². The summed E-state index contributed by atoms with van der Waals surface area (Å²) < 4.78 is 15.4. The SMILES string of the molecule is O=C(O)c1ccc(F)c(SCc2nnnn2C2CC2)c1. The lowest BCUT2D eigenvalue weighted by atomic mass is 10.2. The van der Waals surface area contributed by atoms with Crippen LogP contribution in [0.5, 0.6) is 0 Å². The molecule has 8 heteroatoms. The van der Waals surface area contributed by atoms with Crippen LogP contribution in [0.25, 0.3) is 0 Å². The van der Waals surface area contributed by atoms with Crippen LogP contribution in [0.2, 0.25) is 0 Å². The Morgan fingerprint density at radius 2 is 2.30 bits per heavy atom. The van der Waals surface area contributed by atoms with Gasteiger partial charge in [-0.2, -0.15) is 0 Å². The van der Waals surface area contributed by atoms with Crippen LogP contribution in [0.3, 0.4) is 0 Å². The molecule has 0 saturated heterocycles. The molecule has 1 fully saturated rings. The molecule has 1 aromatic heterocycles. The lowest BCUT2D eigenvalue weighted by Gasteiger charge is -2.05. The van der Waals surface area contributed by atoms with Crippen molar-refractivity contribution in [3.05, 3.63) is 35.4 Å². The second-order valence-corrected chi connectivity index (χ2v) is 5.53. The number of tetrazole rings is 1. The van der Waals surface area contributed by atoms with Crippen LogP contribution in [0.15, 0.2) is 23.1 Å². The van der Waals surface area contributed by atoms with Gasteiger partial charge in [0, 0.05) is 4.90 Å². The normalized spacial score (nSPS) is 14.4. The van der Waals surface area contributed by atoms with Gasteiger partial charge in [0.25, 0.3) is 0 Å². The van der Waals surface area contributed by atoms with E-state index in [1.807, 2.05) is 0 Å². The first-order chi connectivity index (χ1) is 9.65. The molecule has 0 unspecified atom stereocenters. The third kappa shape index (κ3) is 2.64. The number of carbonyl (C=O) groups is 1. The van der Waals surface area contributed by atoms with E-state index < -0.39 is 11.8 Å². The molecule has 0 aliphatic heterocycles. The van der Waals surface area contributed by atoms with Gasteiger partial charge in [-0.05, 0) is 41.5 Å². The van der Waals surface area contributed by atoms with E-state index in [4.69, 9.17) is 5.11 Å². The number of aromatic carboxylic acids is 1. The first-order valence-corrected chi connectivity index (χ1v) is 7.06.